The van der Waals surface area contributed by atoms with E-state index in [-0.39, 0.29) is 17.5 Å². The van der Waals surface area contributed by atoms with E-state index in [1.807, 2.05) is 0 Å². The topological polar surface area (TPSA) is 38.5 Å². The second-order valence-electron chi connectivity index (χ2n) is 5.27. The number of nitrogens with zero attached hydrogens (tertiary/aromatic N) is 1. The van der Waals surface area contributed by atoms with Crippen LogP contribution in [0, 0.1) is 5.82 Å². The van der Waals surface area contributed by atoms with E-state index in [0.717, 1.165) is 37.2 Å². The van der Waals surface area contributed by atoms with Crippen molar-refractivity contribution in [2.75, 3.05) is 20.1 Å². The number of benzene rings is 1. The number of hydrogen-bond acceptors (Lipinski definition) is 3. The van der Waals surface area contributed by atoms with Crippen LogP contribution in [0.2, 0.25) is 0 Å². The molecule has 3 rings (SSSR count). The molecule has 17 heavy (non-hydrogen) atoms. The highest BCUT2D eigenvalue weighted by atomic mass is 19.1. The zero-order valence-electron chi connectivity index (χ0n) is 9.95. The maximum Gasteiger partial charge on any atom is 0.125 e. The van der Waals surface area contributed by atoms with Gasteiger partial charge >= 0.3 is 0 Å². The van der Waals surface area contributed by atoms with Gasteiger partial charge in [-0.25, -0.2) is 4.39 Å². The lowest BCUT2D eigenvalue weighted by atomic mass is 9.87. The first-order chi connectivity index (χ1) is 8.08. The summed E-state index contributed by atoms with van der Waals surface area (Å²) in [6.07, 6.45) is 1.77. The van der Waals surface area contributed by atoms with Gasteiger partial charge in [-0.05, 0) is 25.2 Å². The summed E-state index contributed by atoms with van der Waals surface area (Å²) in [7, 11) is 2.09. The third kappa shape index (κ3) is 1.81. The summed E-state index contributed by atoms with van der Waals surface area (Å²) in [6.45, 7) is 1.93. The van der Waals surface area contributed by atoms with Crippen LogP contribution in [0.25, 0.3) is 0 Å². The second-order valence-corrected chi connectivity index (χ2v) is 5.27. The summed E-state index contributed by atoms with van der Waals surface area (Å²) >= 11 is 0. The van der Waals surface area contributed by atoms with E-state index in [4.69, 9.17) is 10.5 Å². The molecule has 0 bridgehead atoms. The molecule has 0 aliphatic carbocycles. The Morgan fingerprint density at radius 3 is 3.06 bits per heavy atom. The lowest BCUT2D eigenvalue weighted by molar-refractivity contribution is 0.0464. The molecule has 0 radical (unpaired) electrons. The molecule has 1 aromatic rings. The Morgan fingerprint density at radius 1 is 1.53 bits per heavy atom. The van der Waals surface area contributed by atoms with Crippen molar-refractivity contribution in [2.45, 2.75) is 24.5 Å². The molecule has 2 aliphatic rings. The van der Waals surface area contributed by atoms with Crippen molar-refractivity contribution in [1.29, 1.82) is 0 Å². The van der Waals surface area contributed by atoms with Gasteiger partial charge < -0.3 is 15.4 Å². The molecule has 1 aromatic carbocycles. The second kappa shape index (κ2) is 3.68. The third-order valence-corrected chi connectivity index (χ3v) is 3.80. The summed E-state index contributed by atoms with van der Waals surface area (Å²) in [5.41, 5.74) is 6.78. The molecule has 2 N–H and O–H groups in total. The predicted octanol–water partition coefficient (Wildman–Crippen LogP) is 1.68. The first-order valence-electron chi connectivity index (χ1n) is 6.01. The molecular formula is C13H17FN2O. The van der Waals surface area contributed by atoms with Crippen molar-refractivity contribution >= 4 is 0 Å². The Hall–Kier alpha value is -1.13. The summed E-state index contributed by atoms with van der Waals surface area (Å²) < 4.78 is 19.3. The standard InChI is InChI=1S/C13H17FN2O/c1-16-5-4-13(8-16)7-11(15)10-6-9(14)2-3-12(10)17-13/h2-3,6,11H,4-5,7-8,15H2,1H3/t11-,13?/m0/s1. The van der Waals surface area contributed by atoms with E-state index in [0.29, 0.717) is 0 Å². The first-order valence-corrected chi connectivity index (χ1v) is 6.01. The zero-order valence-corrected chi connectivity index (χ0v) is 9.95. The van der Waals surface area contributed by atoms with Crippen LogP contribution >= 0.6 is 0 Å². The third-order valence-electron chi connectivity index (χ3n) is 3.80. The molecule has 3 nitrogen and oxygen atoms in total. The average Bonchev–Trinajstić information content (AvgIpc) is 2.61. The van der Waals surface area contributed by atoms with E-state index in [1.165, 1.54) is 12.1 Å². The molecule has 2 atom stereocenters. The van der Waals surface area contributed by atoms with Gasteiger partial charge in [0.05, 0.1) is 0 Å². The van der Waals surface area contributed by atoms with E-state index in [1.54, 1.807) is 6.07 Å². The summed E-state index contributed by atoms with van der Waals surface area (Å²) in [4.78, 5) is 2.25. The van der Waals surface area contributed by atoms with Crippen LogP contribution in [-0.4, -0.2) is 30.6 Å². The van der Waals surface area contributed by atoms with Gasteiger partial charge in [-0.15, -0.1) is 0 Å². The lowest BCUT2D eigenvalue weighted by Gasteiger charge is -2.38. The van der Waals surface area contributed by atoms with Gasteiger partial charge in [0.15, 0.2) is 0 Å². The average molecular weight is 236 g/mol. The Labute approximate surface area is 100 Å². The lowest BCUT2D eigenvalue weighted by Crippen LogP contribution is -2.44. The zero-order chi connectivity index (χ0) is 12.0. The number of likely N-dealkylation sites (tertiary alicyclic amines) is 1. The minimum atomic E-state index is -0.248. The fraction of sp³-hybridized carbons (Fsp3) is 0.538. The van der Waals surface area contributed by atoms with Crippen molar-refractivity contribution in [2.24, 2.45) is 5.73 Å². The fourth-order valence-corrected chi connectivity index (χ4v) is 2.98. The molecule has 92 valence electrons. The molecule has 1 unspecified atom stereocenters. The molecule has 2 heterocycles. The summed E-state index contributed by atoms with van der Waals surface area (Å²) in [5, 5.41) is 0. The largest absolute Gasteiger partial charge is 0.485 e. The highest BCUT2D eigenvalue weighted by Crippen LogP contribution is 2.42. The maximum absolute atomic E-state index is 13.2. The van der Waals surface area contributed by atoms with Gasteiger partial charge in [-0.3, -0.25) is 0 Å². The number of fused-ring (bicyclic) bond motifs is 1. The van der Waals surface area contributed by atoms with Crippen molar-refractivity contribution < 1.29 is 9.13 Å². The van der Waals surface area contributed by atoms with Crippen molar-refractivity contribution in [3.05, 3.63) is 29.6 Å². The van der Waals surface area contributed by atoms with Gasteiger partial charge in [-0.2, -0.15) is 0 Å². The molecule has 1 fully saturated rings. The molecule has 2 aliphatic heterocycles. The molecular weight excluding hydrogens is 219 g/mol. The molecule has 4 heteroatoms. The number of rotatable bonds is 0. The molecule has 0 amide bonds. The van der Waals surface area contributed by atoms with E-state index in [2.05, 4.69) is 11.9 Å². The van der Waals surface area contributed by atoms with Gasteiger partial charge in [-0.1, -0.05) is 0 Å². The monoisotopic (exact) mass is 236 g/mol. The Balaban J connectivity index is 1.96. The van der Waals surface area contributed by atoms with Crippen LogP contribution < -0.4 is 10.5 Å². The van der Waals surface area contributed by atoms with Gasteiger partial charge in [0, 0.05) is 37.5 Å². The number of ether oxygens (including phenoxy) is 1. The van der Waals surface area contributed by atoms with Gasteiger partial charge in [0.2, 0.25) is 0 Å². The maximum atomic E-state index is 13.2. The molecule has 0 saturated carbocycles. The normalized spacial score (nSPS) is 32.5. The first kappa shape index (κ1) is 11.0. The van der Waals surface area contributed by atoms with Gasteiger partial charge in [0.25, 0.3) is 0 Å². The number of likely N-dealkylation sites (N-methyl/N-ethyl adjacent to an activating group) is 1. The SMILES string of the molecule is CN1CCC2(C[C@H](N)c3cc(F)ccc3O2)C1. The summed E-state index contributed by atoms with van der Waals surface area (Å²) in [6, 6.07) is 4.50. The highest BCUT2D eigenvalue weighted by molar-refractivity contribution is 5.39. The quantitative estimate of drug-likeness (QED) is 0.745. The number of nitrogens with two attached hydrogens (primary N) is 1. The molecule has 0 aromatic heterocycles. The van der Waals surface area contributed by atoms with Crippen molar-refractivity contribution in [3.63, 3.8) is 0 Å². The predicted molar refractivity (Wildman–Crippen MR) is 63.4 cm³/mol. The van der Waals surface area contributed by atoms with Crippen LogP contribution in [0.1, 0.15) is 24.4 Å². The van der Waals surface area contributed by atoms with E-state index < -0.39 is 0 Å². The fourth-order valence-electron chi connectivity index (χ4n) is 2.98. The minimum Gasteiger partial charge on any atom is -0.485 e. The van der Waals surface area contributed by atoms with Crippen molar-refractivity contribution in [3.8, 4) is 5.75 Å². The van der Waals surface area contributed by atoms with Crippen LogP contribution in [0.4, 0.5) is 4.39 Å². The van der Waals surface area contributed by atoms with E-state index >= 15 is 0 Å². The Kier molecular flexibility index (Phi) is 2.38. The number of halogens is 1. The Morgan fingerprint density at radius 2 is 2.35 bits per heavy atom. The van der Waals surface area contributed by atoms with Crippen LogP contribution in [0.15, 0.2) is 18.2 Å². The van der Waals surface area contributed by atoms with Crippen LogP contribution in [-0.2, 0) is 0 Å². The molecule has 1 spiro atoms. The molecule has 1 saturated heterocycles. The van der Waals surface area contributed by atoms with Crippen LogP contribution in [0.5, 0.6) is 5.75 Å². The highest BCUT2D eigenvalue weighted by Gasteiger charge is 2.44. The van der Waals surface area contributed by atoms with Crippen molar-refractivity contribution in [1.82, 2.24) is 4.90 Å². The smallest absolute Gasteiger partial charge is 0.125 e. The number of hydrogen-bond donors (Lipinski definition) is 1. The minimum absolute atomic E-state index is 0.124. The van der Waals surface area contributed by atoms with Crippen LogP contribution in [0.3, 0.4) is 0 Å². The summed E-state index contributed by atoms with van der Waals surface area (Å²) in [5.74, 6) is 0.503. The van der Waals surface area contributed by atoms with Gasteiger partial charge in [0.1, 0.15) is 17.2 Å². The van der Waals surface area contributed by atoms with E-state index in [9.17, 15) is 4.39 Å². The Bertz CT molecular complexity index is 451.